The molecular weight excluding hydrogens is 412 g/mol. The Hall–Kier alpha value is -4.33. The van der Waals surface area contributed by atoms with Crippen LogP contribution in [0.2, 0.25) is 0 Å². The van der Waals surface area contributed by atoms with Crippen LogP contribution in [-0.2, 0) is 9.59 Å². The van der Waals surface area contributed by atoms with Crippen molar-refractivity contribution >= 4 is 23.1 Å². The predicted octanol–water partition coefficient (Wildman–Crippen LogP) is 3.45. The van der Waals surface area contributed by atoms with Crippen molar-refractivity contribution < 1.29 is 29.3 Å². The van der Waals surface area contributed by atoms with E-state index in [1.807, 2.05) is 6.92 Å². The number of aromatic nitrogens is 1. The number of hydrogen-bond acceptors (Lipinski definition) is 7. The lowest BCUT2D eigenvalue weighted by Gasteiger charge is -2.25. The highest BCUT2D eigenvalue weighted by atomic mass is 16.7. The summed E-state index contributed by atoms with van der Waals surface area (Å²) in [5, 5.41) is 21.6. The molecule has 32 heavy (non-hydrogen) atoms. The van der Waals surface area contributed by atoms with Crippen molar-refractivity contribution in [1.29, 1.82) is 0 Å². The number of amides is 1. The Morgan fingerprint density at radius 3 is 2.66 bits per heavy atom. The molecular formula is C24H18N2O6. The van der Waals surface area contributed by atoms with Crippen molar-refractivity contribution in [1.82, 2.24) is 4.98 Å². The molecule has 8 heteroatoms. The molecule has 1 amide bonds. The van der Waals surface area contributed by atoms with Gasteiger partial charge in [0.15, 0.2) is 11.5 Å². The van der Waals surface area contributed by atoms with E-state index in [1.165, 1.54) is 17.2 Å². The first kappa shape index (κ1) is 19.6. The van der Waals surface area contributed by atoms with Crippen LogP contribution in [0.15, 0.2) is 66.4 Å². The van der Waals surface area contributed by atoms with Crippen LogP contribution in [-0.4, -0.2) is 33.7 Å². The van der Waals surface area contributed by atoms with Gasteiger partial charge < -0.3 is 19.7 Å². The van der Waals surface area contributed by atoms with Gasteiger partial charge in [0.2, 0.25) is 6.79 Å². The molecule has 0 bridgehead atoms. The Labute approximate surface area is 183 Å². The van der Waals surface area contributed by atoms with Crippen molar-refractivity contribution in [3.05, 3.63) is 83.2 Å². The summed E-state index contributed by atoms with van der Waals surface area (Å²) in [6, 6.07) is 13.6. The van der Waals surface area contributed by atoms with Gasteiger partial charge in [-0.3, -0.25) is 19.5 Å². The largest absolute Gasteiger partial charge is 0.507 e. The molecule has 2 aliphatic rings. The lowest BCUT2D eigenvalue weighted by molar-refractivity contribution is -0.132. The summed E-state index contributed by atoms with van der Waals surface area (Å²) in [4.78, 5) is 31.8. The number of aromatic hydroxyl groups is 1. The average molecular weight is 430 g/mol. The number of carbonyl (C=O) groups is 2. The Morgan fingerprint density at radius 2 is 1.88 bits per heavy atom. The molecule has 0 spiro atoms. The van der Waals surface area contributed by atoms with Crippen molar-refractivity contribution in [2.45, 2.75) is 13.0 Å². The fraction of sp³-hybridized carbons (Fsp3) is 0.125. The van der Waals surface area contributed by atoms with Gasteiger partial charge in [-0.25, -0.2) is 0 Å². The van der Waals surface area contributed by atoms with Crippen molar-refractivity contribution in [3.63, 3.8) is 0 Å². The van der Waals surface area contributed by atoms with Crippen molar-refractivity contribution in [3.8, 4) is 17.2 Å². The highest BCUT2D eigenvalue weighted by molar-refractivity contribution is 6.51. The summed E-state index contributed by atoms with van der Waals surface area (Å²) in [5.41, 5.74) is 1.48. The summed E-state index contributed by atoms with van der Waals surface area (Å²) in [7, 11) is 0. The second-order valence-corrected chi connectivity index (χ2v) is 7.48. The summed E-state index contributed by atoms with van der Waals surface area (Å²) < 4.78 is 10.7. The second-order valence-electron chi connectivity index (χ2n) is 7.48. The number of fused-ring (bicyclic) bond motifs is 1. The fourth-order valence-electron chi connectivity index (χ4n) is 3.92. The van der Waals surface area contributed by atoms with E-state index >= 15 is 0 Å². The van der Waals surface area contributed by atoms with E-state index in [9.17, 15) is 19.8 Å². The van der Waals surface area contributed by atoms with Gasteiger partial charge in [0.05, 0.1) is 17.0 Å². The molecule has 2 N–H and O–H groups in total. The number of anilines is 1. The first-order valence-electron chi connectivity index (χ1n) is 9.87. The number of aliphatic hydroxyl groups excluding tert-OH is 1. The van der Waals surface area contributed by atoms with Gasteiger partial charge >= 0.3 is 0 Å². The van der Waals surface area contributed by atoms with Crippen LogP contribution in [0.5, 0.6) is 17.2 Å². The van der Waals surface area contributed by atoms with Crippen LogP contribution in [0.4, 0.5) is 5.69 Å². The highest BCUT2D eigenvalue weighted by Crippen LogP contribution is 2.45. The zero-order valence-corrected chi connectivity index (χ0v) is 17.0. The Bertz CT molecular complexity index is 1280. The number of aliphatic hydroxyl groups is 1. The molecule has 160 valence electrons. The van der Waals surface area contributed by atoms with Gasteiger partial charge in [0, 0.05) is 11.8 Å². The minimum Gasteiger partial charge on any atom is -0.507 e. The van der Waals surface area contributed by atoms with E-state index in [0.29, 0.717) is 22.8 Å². The lowest BCUT2D eigenvalue weighted by Crippen LogP contribution is -2.30. The molecule has 2 aromatic carbocycles. The number of rotatable bonds is 3. The highest BCUT2D eigenvalue weighted by Gasteiger charge is 2.48. The predicted molar refractivity (Wildman–Crippen MR) is 114 cm³/mol. The van der Waals surface area contributed by atoms with Gasteiger partial charge in [-0.2, -0.15) is 0 Å². The van der Waals surface area contributed by atoms with Gasteiger partial charge in [-0.15, -0.1) is 0 Å². The number of phenolic OH excluding ortho intramolecular Hbond substituents is 1. The van der Waals surface area contributed by atoms with Crippen LogP contribution in [0, 0.1) is 6.92 Å². The minimum atomic E-state index is -1.03. The number of ketones is 1. The van der Waals surface area contributed by atoms with Crippen molar-refractivity contribution in [2.24, 2.45) is 0 Å². The molecule has 0 aliphatic carbocycles. The maximum atomic E-state index is 13.1. The number of pyridine rings is 1. The van der Waals surface area contributed by atoms with Crippen LogP contribution >= 0.6 is 0 Å². The number of ether oxygens (including phenoxy) is 2. The topological polar surface area (TPSA) is 109 Å². The summed E-state index contributed by atoms with van der Waals surface area (Å²) >= 11 is 0. The van der Waals surface area contributed by atoms with Crippen LogP contribution in [0.3, 0.4) is 0 Å². The Morgan fingerprint density at radius 1 is 1.06 bits per heavy atom. The Balaban J connectivity index is 1.73. The molecule has 1 aromatic heterocycles. The standard InChI is InChI=1S/C24H18N2O6/c1-13-5-7-17(27)16(10-13)26-21(15-4-2-3-9-25-15)20(23(29)24(26)30)22(28)14-6-8-18-19(11-14)32-12-31-18/h2-11,21,27-28H,12H2,1H3/b22-20-. The molecule has 1 unspecified atom stereocenters. The Kier molecular flexibility index (Phi) is 4.55. The molecule has 0 radical (unpaired) electrons. The zero-order chi connectivity index (χ0) is 22.4. The fourth-order valence-corrected chi connectivity index (χ4v) is 3.92. The third-order valence-electron chi connectivity index (χ3n) is 5.45. The summed E-state index contributed by atoms with van der Waals surface area (Å²) in [5.74, 6) is -1.34. The van der Waals surface area contributed by atoms with Gasteiger partial charge in [-0.1, -0.05) is 12.1 Å². The van der Waals surface area contributed by atoms with Crippen LogP contribution < -0.4 is 14.4 Å². The molecule has 1 saturated heterocycles. The number of nitrogens with zero attached hydrogens (tertiary/aromatic N) is 2. The van der Waals surface area contributed by atoms with E-state index in [-0.39, 0.29) is 29.6 Å². The molecule has 5 rings (SSSR count). The van der Waals surface area contributed by atoms with E-state index in [1.54, 1.807) is 48.5 Å². The third-order valence-corrected chi connectivity index (χ3v) is 5.45. The normalized spacial score (nSPS) is 18.9. The lowest BCUT2D eigenvalue weighted by atomic mass is 9.98. The molecule has 3 heterocycles. The van der Waals surface area contributed by atoms with E-state index in [4.69, 9.17) is 9.47 Å². The quantitative estimate of drug-likeness (QED) is 0.372. The zero-order valence-electron chi connectivity index (χ0n) is 17.0. The average Bonchev–Trinajstić information content (AvgIpc) is 3.38. The smallest absolute Gasteiger partial charge is 0.300 e. The SMILES string of the molecule is Cc1ccc(O)c(N2C(=O)C(=O)/C(=C(\O)c3ccc4c(c3)OCO4)C2c2ccccn2)c1. The van der Waals surface area contributed by atoms with E-state index in [2.05, 4.69) is 4.98 Å². The van der Waals surface area contributed by atoms with E-state index < -0.39 is 17.7 Å². The second kappa shape index (κ2) is 7.42. The van der Waals surface area contributed by atoms with Gasteiger partial charge in [0.1, 0.15) is 17.6 Å². The summed E-state index contributed by atoms with van der Waals surface area (Å²) in [6.45, 7) is 1.87. The molecule has 0 saturated carbocycles. The van der Waals surface area contributed by atoms with Crippen molar-refractivity contribution in [2.75, 3.05) is 11.7 Å². The number of Topliss-reactive ketones (excluding diaryl/α,β-unsaturated/α-hetero) is 1. The first-order chi connectivity index (χ1) is 15.5. The molecule has 2 aliphatic heterocycles. The summed E-state index contributed by atoms with van der Waals surface area (Å²) in [6.07, 6.45) is 1.53. The number of aryl methyl sites for hydroxylation is 1. The molecule has 8 nitrogen and oxygen atoms in total. The number of carbonyl (C=O) groups excluding carboxylic acids is 2. The first-order valence-corrected chi connectivity index (χ1v) is 9.87. The van der Waals surface area contributed by atoms with E-state index in [0.717, 1.165) is 5.56 Å². The minimum absolute atomic E-state index is 0.0600. The van der Waals surface area contributed by atoms with Crippen LogP contribution in [0.1, 0.15) is 22.9 Å². The van der Waals surface area contributed by atoms with Crippen LogP contribution in [0.25, 0.3) is 5.76 Å². The molecule has 3 aromatic rings. The van der Waals surface area contributed by atoms with Gasteiger partial charge in [0.25, 0.3) is 11.7 Å². The number of phenols is 1. The molecule has 1 fully saturated rings. The number of benzene rings is 2. The monoisotopic (exact) mass is 430 g/mol. The third kappa shape index (κ3) is 3.04. The van der Waals surface area contributed by atoms with Gasteiger partial charge in [-0.05, 0) is 55.0 Å². The maximum absolute atomic E-state index is 13.1. The number of hydrogen-bond donors (Lipinski definition) is 2. The maximum Gasteiger partial charge on any atom is 0.300 e. The molecule has 1 atom stereocenters.